The van der Waals surface area contributed by atoms with Gasteiger partial charge < -0.3 is 10.1 Å². The van der Waals surface area contributed by atoms with Crippen molar-refractivity contribution in [3.05, 3.63) is 76.1 Å². The molecule has 0 unspecified atom stereocenters. The molecule has 0 radical (unpaired) electrons. The van der Waals surface area contributed by atoms with Crippen molar-refractivity contribution in [2.75, 3.05) is 12.4 Å². The van der Waals surface area contributed by atoms with Crippen LogP contribution in [-0.4, -0.2) is 28.0 Å². The first kappa shape index (κ1) is 17.0. The second kappa shape index (κ2) is 7.03. The summed E-state index contributed by atoms with van der Waals surface area (Å²) in [6.45, 7) is 0. The lowest BCUT2D eigenvalue weighted by atomic mass is 10.1. The van der Waals surface area contributed by atoms with Gasteiger partial charge in [0.15, 0.2) is 0 Å². The number of aromatic nitrogens is 2. The van der Waals surface area contributed by atoms with E-state index >= 15 is 0 Å². The highest BCUT2D eigenvalue weighted by Crippen LogP contribution is 2.29. The second-order valence-electron chi connectivity index (χ2n) is 6.49. The lowest BCUT2D eigenvalue weighted by molar-refractivity contribution is -0.384. The van der Waals surface area contributed by atoms with Crippen LogP contribution in [-0.2, 0) is 12.8 Å². The maximum Gasteiger partial charge on any atom is 0.273 e. The Labute approximate surface area is 156 Å². The third-order valence-electron chi connectivity index (χ3n) is 4.71. The van der Waals surface area contributed by atoms with E-state index in [4.69, 9.17) is 4.74 Å². The molecule has 7 nitrogen and oxygen atoms in total. The van der Waals surface area contributed by atoms with Crippen LogP contribution in [0.25, 0.3) is 11.1 Å². The number of fused-ring (bicyclic) bond motifs is 1. The molecule has 4 rings (SSSR count). The first-order valence-corrected chi connectivity index (χ1v) is 8.61. The fourth-order valence-electron chi connectivity index (χ4n) is 3.37. The zero-order chi connectivity index (χ0) is 18.8. The highest BCUT2D eigenvalue weighted by atomic mass is 16.6. The SMILES string of the molecule is COc1cc(-c2cnc(NC3Cc4ccccc4C3)nc2)cc([N+](=O)[O-])c1. The van der Waals surface area contributed by atoms with Crippen LogP contribution < -0.4 is 10.1 Å². The van der Waals surface area contributed by atoms with E-state index in [9.17, 15) is 10.1 Å². The Morgan fingerprint density at radius 2 is 1.74 bits per heavy atom. The number of nitrogens with zero attached hydrogens (tertiary/aromatic N) is 3. The van der Waals surface area contributed by atoms with Crippen LogP contribution in [0.5, 0.6) is 5.75 Å². The Balaban J connectivity index is 1.51. The molecular weight excluding hydrogens is 344 g/mol. The molecule has 0 saturated carbocycles. The maximum absolute atomic E-state index is 11.1. The van der Waals surface area contributed by atoms with Crippen molar-refractivity contribution in [2.45, 2.75) is 18.9 Å². The normalized spacial score (nSPS) is 13.2. The van der Waals surface area contributed by atoms with Crippen molar-refractivity contribution in [1.82, 2.24) is 9.97 Å². The van der Waals surface area contributed by atoms with E-state index in [0.29, 0.717) is 22.8 Å². The summed E-state index contributed by atoms with van der Waals surface area (Å²) in [5.41, 5.74) is 4.01. The molecule has 1 N–H and O–H groups in total. The largest absolute Gasteiger partial charge is 0.496 e. The molecule has 2 aromatic carbocycles. The fourth-order valence-corrected chi connectivity index (χ4v) is 3.37. The number of methoxy groups -OCH3 is 1. The van der Waals surface area contributed by atoms with Gasteiger partial charge in [-0.15, -0.1) is 0 Å². The minimum atomic E-state index is -0.444. The lowest BCUT2D eigenvalue weighted by Crippen LogP contribution is -2.20. The van der Waals surface area contributed by atoms with Gasteiger partial charge in [-0.25, -0.2) is 9.97 Å². The molecule has 0 amide bonds. The third kappa shape index (κ3) is 3.57. The van der Waals surface area contributed by atoms with Crippen LogP contribution in [0.4, 0.5) is 11.6 Å². The van der Waals surface area contributed by atoms with Crippen molar-refractivity contribution < 1.29 is 9.66 Å². The Morgan fingerprint density at radius 3 is 2.33 bits per heavy atom. The number of hydrogen-bond donors (Lipinski definition) is 1. The van der Waals surface area contributed by atoms with Gasteiger partial charge in [0.25, 0.3) is 5.69 Å². The number of ether oxygens (including phenoxy) is 1. The summed E-state index contributed by atoms with van der Waals surface area (Å²) in [5.74, 6) is 0.971. The van der Waals surface area contributed by atoms with Gasteiger partial charge in [0.05, 0.1) is 18.1 Å². The molecular formula is C20H18N4O3. The van der Waals surface area contributed by atoms with E-state index in [-0.39, 0.29) is 11.7 Å². The molecule has 1 aliphatic rings. The van der Waals surface area contributed by atoms with Crippen molar-refractivity contribution >= 4 is 11.6 Å². The zero-order valence-electron chi connectivity index (χ0n) is 14.8. The molecule has 7 heteroatoms. The number of rotatable bonds is 5. The van der Waals surface area contributed by atoms with Gasteiger partial charge in [0, 0.05) is 30.1 Å². The highest BCUT2D eigenvalue weighted by Gasteiger charge is 2.21. The summed E-state index contributed by atoms with van der Waals surface area (Å²) < 4.78 is 5.15. The van der Waals surface area contributed by atoms with Crippen molar-refractivity contribution in [1.29, 1.82) is 0 Å². The molecule has 3 aromatic rings. The summed E-state index contributed by atoms with van der Waals surface area (Å²) in [4.78, 5) is 19.4. The number of benzene rings is 2. The Hall–Kier alpha value is -3.48. The second-order valence-corrected chi connectivity index (χ2v) is 6.49. The molecule has 0 bridgehead atoms. The quantitative estimate of drug-likeness (QED) is 0.550. The Kier molecular flexibility index (Phi) is 4.42. The fraction of sp³-hybridized carbons (Fsp3) is 0.200. The van der Waals surface area contributed by atoms with Gasteiger partial charge in [-0.3, -0.25) is 10.1 Å². The molecule has 1 aliphatic carbocycles. The van der Waals surface area contributed by atoms with E-state index in [0.717, 1.165) is 12.8 Å². The molecule has 0 spiro atoms. The number of anilines is 1. The lowest BCUT2D eigenvalue weighted by Gasteiger charge is -2.12. The maximum atomic E-state index is 11.1. The average Bonchev–Trinajstić information content (AvgIpc) is 3.10. The van der Waals surface area contributed by atoms with E-state index < -0.39 is 4.92 Å². The Morgan fingerprint density at radius 1 is 1.07 bits per heavy atom. The van der Waals surface area contributed by atoms with Crippen molar-refractivity contribution in [3.63, 3.8) is 0 Å². The van der Waals surface area contributed by atoms with E-state index in [2.05, 4.69) is 39.6 Å². The van der Waals surface area contributed by atoms with Gasteiger partial charge in [-0.1, -0.05) is 24.3 Å². The van der Waals surface area contributed by atoms with Crippen LogP contribution in [0.2, 0.25) is 0 Å². The van der Waals surface area contributed by atoms with Crippen LogP contribution >= 0.6 is 0 Å². The number of nitro benzene ring substituents is 1. The van der Waals surface area contributed by atoms with E-state index in [1.807, 2.05) is 0 Å². The summed E-state index contributed by atoms with van der Waals surface area (Å²) in [5, 5.41) is 14.5. The smallest absolute Gasteiger partial charge is 0.273 e. The number of nitrogens with one attached hydrogen (secondary N) is 1. The first-order valence-electron chi connectivity index (χ1n) is 8.61. The summed E-state index contributed by atoms with van der Waals surface area (Å²) in [6.07, 6.45) is 5.22. The van der Waals surface area contributed by atoms with Gasteiger partial charge in [-0.2, -0.15) is 0 Å². The first-order chi connectivity index (χ1) is 13.1. The topological polar surface area (TPSA) is 90.2 Å². The molecule has 0 fully saturated rings. The standard InChI is InChI=1S/C20H18N4O3/c1-27-19-9-15(8-18(10-19)24(25)26)16-11-21-20(22-12-16)23-17-6-13-4-2-3-5-14(13)7-17/h2-5,8-12,17H,6-7H2,1H3,(H,21,22,23). The number of hydrogen-bond acceptors (Lipinski definition) is 6. The van der Waals surface area contributed by atoms with Crippen LogP contribution in [0.1, 0.15) is 11.1 Å². The molecule has 27 heavy (non-hydrogen) atoms. The van der Waals surface area contributed by atoms with Gasteiger partial charge >= 0.3 is 0 Å². The van der Waals surface area contributed by atoms with Gasteiger partial charge in [0.1, 0.15) is 5.75 Å². The van der Waals surface area contributed by atoms with E-state index in [1.54, 1.807) is 18.5 Å². The predicted molar refractivity (Wildman–Crippen MR) is 102 cm³/mol. The van der Waals surface area contributed by atoms with Gasteiger partial charge in [0.2, 0.25) is 5.95 Å². The molecule has 136 valence electrons. The molecule has 0 atom stereocenters. The van der Waals surface area contributed by atoms with Crippen LogP contribution in [0.3, 0.4) is 0 Å². The van der Waals surface area contributed by atoms with Gasteiger partial charge in [-0.05, 0) is 35.6 Å². The Bertz CT molecular complexity index is 964. The minimum Gasteiger partial charge on any atom is -0.496 e. The number of nitro groups is 1. The summed E-state index contributed by atoms with van der Waals surface area (Å²) in [7, 11) is 1.48. The van der Waals surface area contributed by atoms with Crippen molar-refractivity contribution in [2.24, 2.45) is 0 Å². The molecule has 1 heterocycles. The zero-order valence-corrected chi connectivity index (χ0v) is 14.8. The van der Waals surface area contributed by atoms with E-state index in [1.165, 1.54) is 30.4 Å². The molecule has 1 aromatic heterocycles. The molecule has 0 saturated heterocycles. The van der Waals surface area contributed by atoms with Crippen molar-refractivity contribution in [3.8, 4) is 16.9 Å². The predicted octanol–water partition coefficient (Wildman–Crippen LogP) is 3.64. The minimum absolute atomic E-state index is 0.0322. The summed E-state index contributed by atoms with van der Waals surface area (Å²) >= 11 is 0. The molecule has 0 aliphatic heterocycles. The average molecular weight is 362 g/mol. The number of non-ortho nitro benzene ring substituents is 1. The third-order valence-corrected chi connectivity index (χ3v) is 4.71. The summed E-state index contributed by atoms with van der Waals surface area (Å²) in [6, 6.07) is 13.3. The monoisotopic (exact) mass is 362 g/mol. The van der Waals surface area contributed by atoms with Crippen LogP contribution in [0.15, 0.2) is 54.9 Å². The highest BCUT2D eigenvalue weighted by molar-refractivity contribution is 5.67. The van der Waals surface area contributed by atoms with Crippen LogP contribution in [0, 0.1) is 10.1 Å².